The van der Waals surface area contributed by atoms with Gasteiger partial charge in [-0.2, -0.15) is 0 Å². The average Bonchev–Trinajstić information content (AvgIpc) is 3.13. The van der Waals surface area contributed by atoms with Gasteiger partial charge in [0.1, 0.15) is 5.01 Å². The second-order valence-electron chi connectivity index (χ2n) is 6.10. The Labute approximate surface area is 186 Å². The summed E-state index contributed by atoms with van der Waals surface area (Å²) in [5, 5.41) is 7.45. The highest BCUT2D eigenvalue weighted by Gasteiger charge is 2.07. The normalized spacial score (nSPS) is 10.8. The fourth-order valence-electron chi connectivity index (χ4n) is 2.63. The number of hydrogen-bond acceptors (Lipinski definition) is 4. The third-order valence-corrected chi connectivity index (χ3v) is 6.97. The van der Waals surface area contributed by atoms with Gasteiger partial charge in [0.25, 0.3) is 0 Å². The zero-order chi connectivity index (χ0) is 20.2. The molecule has 4 nitrogen and oxygen atoms in total. The Morgan fingerprint density at radius 2 is 1.66 bits per heavy atom. The molecule has 0 bridgehead atoms. The van der Waals surface area contributed by atoms with E-state index in [-0.39, 0.29) is 6.03 Å². The molecule has 1 aromatic heterocycles. The van der Waals surface area contributed by atoms with Gasteiger partial charge in [-0.25, -0.2) is 9.78 Å². The molecule has 0 unspecified atom stereocenters. The van der Waals surface area contributed by atoms with Crippen LogP contribution in [-0.2, 0) is 5.75 Å². The number of amides is 2. The van der Waals surface area contributed by atoms with Crippen LogP contribution in [0.1, 0.15) is 5.01 Å². The summed E-state index contributed by atoms with van der Waals surface area (Å²) in [5.41, 5.74) is 2.31. The van der Waals surface area contributed by atoms with E-state index in [0.717, 1.165) is 21.2 Å². The highest BCUT2D eigenvalue weighted by atomic mass is 35.5. The topological polar surface area (TPSA) is 54.0 Å². The summed E-state index contributed by atoms with van der Waals surface area (Å²) in [6.45, 7) is 0. The van der Waals surface area contributed by atoms with Gasteiger partial charge in [0.15, 0.2) is 0 Å². The van der Waals surface area contributed by atoms with Gasteiger partial charge >= 0.3 is 6.03 Å². The van der Waals surface area contributed by atoms with Gasteiger partial charge in [-0.05, 0) is 54.6 Å². The number of nitrogens with one attached hydrogen (secondary N) is 2. The van der Waals surface area contributed by atoms with Crippen LogP contribution in [0.25, 0.3) is 10.2 Å². The SMILES string of the molecule is O=C(Nc1ccc(SCc2nc3ccccc3s2)cc1)Nc1ccc(Cl)c(Cl)c1. The lowest BCUT2D eigenvalue weighted by Crippen LogP contribution is -2.19. The van der Waals surface area contributed by atoms with E-state index < -0.39 is 0 Å². The van der Waals surface area contributed by atoms with Crippen LogP contribution >= 0.6 is 46.3 Å². The maximum atomic E-state index is 12.1. The zero-order valence-corrected chi connectivity index (χ0v) is 18.1. The van der Waals surface area contributed by atoms with E-state index in [1.807, 2.05) is 42.5 Å². The number of rotatable bonds is 5. The molecule has 146 valence electrons. The number of carbonyl (C=O) groups excluding carboxylic acids is 1. The molecular weight excluding hydrogens is 445 g/mol. The second-order valence-corrected chi connectivity index (χ2v) is 9.07. The molecule has 0 radical (unpaired) electrons. The van der Waals surface area contributed by atoms with Crippen molar-refractivity contribution in [3.63, 3.8) is 0 Å². The van der Waals surface area contributed by atoms with Gasteiger partial charge in [0, 0.05) is 16.3 Å². The molecule has 0 aliphatic carbocycles. The van der Waals surface area contributed by atoms with Crippen molar-refractivity contribution in [2.45, 2.75) is 10.6 Å². The number of halogens is 2. The molecule has 3 aromatic carbocycles. The Kier molecular flexibility index (Phi) is 6.25. The van der Waals surface area contributed by atoms with E-state index in [0.29, 0.717) is 21.4 Å². The molecule has 0 aliphatic rings. The van der Waals surface area contributed by atoms with Crippen molar-refractivity contribution in [3.05, 3.63) is 81.8 Å². The summed E-state index contributed by atoms with van der Waals surface area (Å²) in [6, 6.07) is 20.4. The quantitative estimate of drug-likeness (QED) is 0.303. The van der Waals surface area contributed by atoms with Gasteiger partial charge in [0.2, 0.25) is 0 Å². The average molecular weight is 460 g/mol. The number of para-hydroxylation sites is 1. The molecule has 2 N–H and O–H groups in total. The highest BCUT2D eigenvalue weighted by molar-refractivity contribution is 7.98. The van der Waals surface area contributed by atoms with Crippen molar-refractivity contribution in [3.8, 4) is 0 Å². The first kappa shape index (κ1) is 20.0. The number of carbonyl (C=O) groups is 1. The van der Waals surface area contributed by atoms with Crippen molar-refractivity contribution < 1.29 is 4.79 Å². The van der Waals surface area contributed by atoms with E-state index in [9.17, 15) is 4.79 Å². The number of urea groups is 1. The lowest BCUT2D eigenvalue weighted by atomic mass is 10.3. The monoisotopic (exact) mass is 459 g/mol. The molecule has 0 saturated carbocycles. The largest absolute Gasteiger partial charge is 0.323 e. The summed E-state index contributed by atoms with van der Waals surface area (Å²) in [4.78, 5) is 17.9. The Balaban J connectivity index is 1.32. The lowest BCUT2D eigenvalue weighted by molar-refractivity contribution is 0.262. The molecule has 0 saturated heterocycles. The van der Waals surface area contributed by atoms with Crippen molar-refractivity contribution in [2.24, 2.45) is 0 Å². The summed E-state index contributed by atoms with van der Waals surface area (Å²) < 4.78 is 1.20. The predicted molar refractivity (Wildman–Crippen MR) is 125 cm³/mol. The van der Waals surface area contributed by atoms with Crippen LogP contribution in [0.15, 0.2) is 71.6 Å². The standard InChI is InChI=1S/C21H15Cl2N3OS2/c22-16-10-7-14(11-17(16)23)25-21(27)24-13-5-8-15(9-6-13)28-12-20-26-18-3-1-2-4-19(18)29-20/h1-11H,12H2,(H2,24,25,27). The van der Waals surface area contributed by atoms with Gasteiger partial charge in [-0.1, -0.05) is 35.3 Å². The smallest absolute Gasteiger partial charge is 0.308 e. The van der Waals surface area contributed by atoms with Crippen LogP contribution in [0.4, 0.5) is 16.2 Å². The fraction of sp³-hybridized carbons (Fsp3) is 0.0476. The Morgan fingerprint density at radius 1 is 0.931 bits per heavy atom. The van der Waals surface area contributed by atoms with Crippen LogP contribution in [0.2, 0.25) is 10.0 Å². The lowest BCUT2D eigenvalue weighted by Gasteiger charge is -2.09. The molecule has 0 fully saturated rings. The van der Waals surface area contributed by atoms with E-state index in [1.165, 1.54) is 4.70 Å². The number of thioether (sulfide) groups is 1. The van der Waals surface area contributed by atoms with Gasteiger partial charge in [0.05, 0.1) is 26.0 Å². The van der Waals surface area contributed by atoms with E-state index in [1.54, 1.807) is 41.3 Å². The summed E-state index contributed by atoms with van der Waals surface area (Å²) >= 11 is 15.3. The molecular formula is C21H15Cl2N3OS2. The fourth-order valence-corrected chi connectivity index (χ4v) is 4.79. The molecule has 0 aliphatic heterocycles. The van der Waals surface area contributed by atoms with Crippen molar-refractivity contribution >= 4 is 73.9 Å². The number of aromatic nitrogens is 1. The number of nitrogens with zero attached hydrogens (tertiary/aromatic N) is 1. The van der Waals surface area contributed by atoms with Crippen molar-refractivity contribution in [1.29, 1.82) is 0 Å². The number of fused-ring (bicyclic) bond motifs is 1. The second kappa shape index (κ2) is 9.05. The zero-order valence-electron chi connectivity index (χ0n) is 15.0. The predicted octanol–water partition coefficient (Wildman–Crippen LogP) is 7.54. The number of benzene rings is 3. The Morgan fingerprint density at radius 3 is 2.41 bits per heavy atom. The van der Waals surface area contributed by atoms with E-state index in [2.05, 4.69) is 21.7 Å². The minimum Gasteiger partial charge on any atom is -0.308 e. The molecule has 4 aromatic rings. The Bertz CT molecular complexity index is 1130. The Hall–Kier alpha value is -2.25. The molecule has 2 amide bonds. The minimum atomic E-state index is -0.349. The van der Waals surface area contributed by atoms with Crippen molar-refractivity contribution in [2.75, 3.05) is 10.6 Å². The molecule has 0 spiro atoms. The molecule has 29 heavy (non-hydrogen) atoms. The number of hydrogen-bond donors (Lipinski definition) is 2. The number of anilines is 2. The van der Waals surface area contributed by atoms with Crippen LogP contribution in [0.3, 0.4) is 0 Å². The molecule has 8 heteroatoms. The number of thiazole rings is 1. The first-order valence-corrected chi connectivity index (χ1v) is 11.2. The van der Waals surface area contributed by atoms with Gasteiger partial charge in [-0.15, -0.1) is 23.1 Å². The third kappa shape index (κ3) is 5.22. The third-order valence-electron chi connectivity index (χ3n) is 3.99. The maximum absolute atomic E-state index is 12.1. The van der Waals surface area contributed by atoms with E-state index >= 15 is 0 Å². The summed E-state index contributed by atoms with van der Waals surface area (Å²) in [5.74, 6) is 0.809. The van der Waals surface area contributed by atoms with Crippen LogP contribution < -0.4 is 10.6 Å². The first-order valence-electron chi connectivity index (χ1n) is 8.67. The first-order chi connectivity index (χ1) is 14.1. The van der Waals surface area contributed by atoms with Crippen LogP contribution in [0, 0.1) is 0 Å². The summed E-state index contributed by atoms with van der Waals surface area (Å²) in [7, 11) is 0. The van der Waals surface area contributed by atoms with Gasteiger partial charge in [-0.3, -0.25) is 0 Å². The molecule has 4 rings (SSSR count). The van der Waals surface area contributed by atoms with Crippen LogP contribution in [-0.4, -0.2) is 11.0 Å². The van der Waals surface area contributed by atoms with E-state index in [4.69, 9.17) is 23.2 Å². The minimum absolute atomic E-state index is 0.349. The molecule has 1 heterocycles. The summed E-state index contributed by atoms with van der Waals surface area (Å²) in [6.07, 6.45) is 0. The van der Waals surface area contributed by atoms with Gasteiger partial charge < -0.3 is 10.6 Å². The van der Waals surface area contributed by atoms with Crippen LogP contribution in [0.5, 0.6) is 0 Å². The maximum Gasteiger partial charge on any atom is 0.323 e. The van der Waals surface area contributed by atoms with Crippen molar-refractivity contribution in [1.82, 2.24) is 4.98 Å². The highest BCUT2D eigenvalue weighted by Crippen LogP contribution is 2.29. The molecule has 0 atom stereocenters.